The highest BCUT2D eigenvalue weighted by Crippen LogP contribution is 2.29. The maximum Gasteiger partial charge on any atom is 0.266 e. The topological polar surface area (TPSA) is 51.2 Å². The van der Waals surface area contributed by atoms with Crippen molar-refractivity contribution in [3.8, 4) is 17.0 Å². The second-order valence-electron chi connectivity index (χ2n) is 6.79. The summed E-state index contributed by atoms with van der Waals surface area (Å²) in [6.07, 6.45) is 4.26. The van der Waals surface area contributed by atoms with Gasteiger partial charge in [0.15, 0.2) is 11.2 Å². The van der Waals surface area contributed by atoms with Crippen LogP contribution in [0.4, 0.5) is 5.13 Å². The van der Waals surface area contributed by atoms with Gasteiger partial charge in [-0.1, -0.05) is 30.3 Å². The van der Waals surface area contributed by atoms with Crippen molar-refractivity contribution in [2.45, 2.75) is 38.7 Å². The minimum absolute atomic E-state index is 0.204. The molecule has 138 valence electrons. The lowest BCUT2D eigenvalue weighted by atomic mass is 9.90. The number of thiazole rings is 1. The van der Waals surface area contributed by atoms with E-state index >= 15 is 0 Å². The number of benzene rings is 2. The number of para-hydroxylation sites is 1. The number of nitrogens with zero attached hydrogens (tertiary/aromatic N) is 1. The molecule has 4 rings (SSSR count). The van der Waals surface area contributed by atoms with Crippen molar-refractivity contribution >= 4 is 22.4 Å². The number of fused-ring (bicyclic) bond motifs is 1. The third-order valence-electron chi connectivity index (χ3n) is 4.80. The number of aryl methyl sites for hydroxylation is 2. The summed E-state index contributed by atoms with van der Waals surface area (Å²) in [6, 6.07) is 15.9. The molecule has 0 spiro atoms. The Kier molecular flexibility index (Phi) is 5.21. The molecule has 27 heavy (non-hydrogen) atoms. The number of nitrogens with one attached hydrogen (secondary N) is 1. The van der Waals surface area contributed by atoms with Gasteiger partial charge < -0.3 is 4.74 Å². The third-order valence-corrected chi connectivity index (χ3v) is 5.56. The highest BCUT2D eigenvalue weighted by atomic mass is 32.1. The van der Waals surface area contributed by atoms with Crippen molar-refractivity contribution in [2.24, 2.45) is 0 Å². The van der Waals surface area contributed by atoms with Gasteiger partial charge in [-0.25, -0.2) is 4.98 Å². The molecule has 1 atom stereocenters. The standard InChI is InChI=1S/C22H22N2O2S/c1-15(26-19-9-3-2-4-10-19)21(25)24-22-23-20(14-27-22)18-12-11-16-7-5-6-8-17(16)13-18/h2-4,9-15H,5-8H2,1H3,(H,23,24,25)/t15-/m0/s1. The average Bonchev–Trinajstić information content (AvgIpc) is 3.17. The predicted molar refractivity (Wildman–Crippen MR) is 109 cm³/mol. The Morgan fingerprint density at radius 1 is 1.11 bits per heavy atom. The first-order valence-electron chi connectivity index (χ1n) is 9.29. The van der Waals surface area contributed by atoms with Gasteiger partial charge in [0.05, 0.1) is 5.69 Å². The van der Waals surface area contributed by atoms with Crippen LogP contribution in [-0.2, 0) is 17.6 Å². The van der Waals surface area contributed by atoms with E-state index < -0.39 is 6.10 Å². The van der Waals surface area contributed by atoms with Crippen LogP contribution < -0.4 is 10.1 Å². The molecule has 3 aromatic rings. The fraction of sp³-hybridized carbons (Fsp3) is 0.273. The van der Waals surface area contributed by atoms with Crippen molar-refractivity contribution in [1.82, 2.24) is 4.98 Å². The van der Waals surface area contributed by atoms with Crippen molar-refractivity contribution in [3.63, 3.8) is 0 Å². The van der Waals surface area contributed by atoms with Crippen LogP contribution in [0.15, 0.2) is 53.9 Å². The Hall–Kier alpha value is -2.66. The highest BCUT2D eigenvalue weighted by Gasteiger charge is 2.17. The number of aromatic nitrogens is 1. The molecule has 5 heteroatoms. The molecule has 2 aromatic carbocycles. The molecule has 0 radical (unpaired) electrons. The van der Waals surface area contributed by atoms with E-state index in [0.717, 1.165) is 17.7 Å². The lowest BCUT2D eigenvalue weighted by molar-refractivity contribution is -0.122. The molecule has 1 aromatic heterocycles. The minimum Gasteiger partial charge on any atom is -0.481 e. The number of hydrogen-bond acceptors (Lipinski definition) is 4. The SMILES string of the molecule is C[C@H](Oc1ccccc1)C(=O)Nc1nc(-c2ccc3c(c2)CCCC3)cs1. The quantitative estimate of drug-likeness (QED) is 0.672. The average molecular weight is 378 g/mol. The summed E-state index contributed by atoms with van der Waals surface area (Å²) in [5.41, 5.74) is 4.91. The molecule has 0 unspecified atom stereocenters. The largest absolute Gasteiger partial charge is 0.481 e. The van der Waals surface area contributed by atoms with Crippen LogP contribution in [0.1, 0.15) is 30.9 Å². The van der Waals surface area contributed by atoms with Gasteiger partial charge >= 0.3 is 0 Å². The normalized spacial score (nSPS) is 14.3. The van der Waals surface area contributed by atoms with Crippen LogP contribution >= 0.6 is 11.3 Å². The molecule has 1 amide bonds. The Labute approximate surface area is 163 Å². The van der Waals surface area contributed by atoms with E-state index in [9.17, 15) is 4.79 Å². The van der Waals surface area contributed by atoms with Crippen molar-refractivity contribution in [1.29, 1.82) is 0 Å². The van der Waals surface area contributed by atoms with Crippen LogP contribution in [0.5, 0.6) is 5.75 Å². The van der Waals surface area contributed by atoms with Crippen molar-refractivity contribution in [2.75, 3.05) is 5.32 Å². The molecule has 1 aliphatic rings. The predicted octanol–water partition coefficient (Wildman–Crippen LogP) is 5.09. The highest BCUT2D eigenvalue weighted by molar-refractivity contribution is 7.14. The van der Waals surface area contributed by atoms with Gasteiger partial charge in [-0.05, 0) is 61.9 Å². The minimum atomic E-state index is -0.594. The van der Waals surface area contributed by atoms with E-state index in [-0.39, 0.29) is 5.91 Å². The first kappa shape index (κ1) is 17.7. The molecule has 0 aliphatic heterocycles. The number of anilines is 1. The summed E-state index contributed by atoms with van der Waals surface area (Å²) in [5.74, 6) is 0.472. The summed E-state index contributed by atoms with van der Waals surface area (Å²) < 4.78 is 5.67. The maximum atomic E-state index is 12.4. The number of hydrogen-bond donors (Lipinski definition) is 1. The number of carbonyl (C=O) groups excluding carboxylic acids is 1. The van der Waals surface area contributed by atoms with E-state index in [1.165, 1.54) is 41.7 Å². The zero-order chi connectivity index (χ0) is 18.6. The molecule has 0 saturated heterocycles. The fourth-order valence-corrected chi connectivity index (χ4v) is 4.04. The van der Waals surface area contributed by atoms with Crippen molar-refractivity contribution < 1.29 is 9.53 Å². The second kappa shape index (κ2) is 7.92. The van der Waals surface area contributed by atoms with Gasteiger partial charge in [0.25, 0.3) is 5.91 Å². The third kappa shape index (κ3) is 4.19. The number of amides is 1. The molecule has 1 aliphatic carbocycles. The molecular weight excluding hydrogens is 356 g/mol. The first-order chi connectivity index (χ1) is 13.2. The summed E-state index contributed by atoms with van der Waals surface area (Å²) in [4.78, 5) is 17.0. The molecule has 0 fully saturated rings. The molecule has 1 N–H and O–H groups in total. The van der Waals surface area contributed by atoms with Gasteiger partial charge in [0.1, 0.15) is 5.75 Å². The molecular formula is C22H22N2O2S. The fourth-order valence-electron chi connectivity index (χ4n) is 3.32. The van der Waals surface area contributed by atoms with Crippen LogP contribution in [0.25, 0.3) is 11.3 Å². The van der Waals surface area contributed by atoms with Crippen molar-refractivity contribution in [3.05, 3.63) is 65.0 Å². The maximum absolute atomic E-state index is 12.4. The van der Waals surface area contributed by atoms with Gasteiger partial charge in [-0.2, -0.15) is 0 Å². The molecule has 0 saturated carbocycles. The zero-order valence-electron chi connectivity index (χ0n) is 15.3. The molecule has 0 bridgehead atoms. The molecule has 4 nitrogen and oxygen atoms in total. The zero-order valence-corrected chi connectivity index (χ0v) is 16.1. The van der Waals surface area contributed by atoms with Gasteiger partial charge in [0.2, 0.25) is 0 Å². The van der Waals surface area contributed by atoms with E-state index in [1.54, 1.807) is 6.92 Å². The van der Waals surface area contributed by atoms with E-state index in [1.807, 2.05) is 35.7 Å². The Balaban J connectivity index is 1.42. The smallest absolute Gasteiger partial charge is 0.266 e. The first-order valence-corrected chi connectivity index (χ1v) is 10.2. The summed E-state index contributed by atoms with van der Waals surface area (Å²) in [5, 5.41) is 5.44. The van der Waals surface area contributed by atoms with E-state index in [0.29, 0.717) is 10.9 Å². The lowest BCUT2D eigenvalue weighted by Crippen LogP contribution is -2.30. The summed E-state index contributed by atoms with van der Waals surface area (Å²) in [6.45, 7) is 1.74. The van der Waals surface area contributed by atoms with Crippen LogP contribution in [0.2, 0.25) is 0 Å². The van der Waals surface area contributed by atoms with E-state index in [4.69, 9.17) is 4.74 Å². The lowest BCUT2D eigenvalue weighted by Gasteiger charge is -2.16. The monoisotopic (exact) mass is 378 g/mol. The Bertz CT molecular complexity index is 936. The van der Waals surface area contributed by atoms with Crippen LogP contribution in [-0.4, -0.2) is 17.0 Å². The summed E-state index contributed by atoms with van der Waals surface area (Å²) >= 11 is 1.44. The number of rotatable bonds is 5. The number of ether oxygens (including phenoxy) is 1. The molecule has 1 heterocycles. The second-order valence-corrected chi connectivity index (χ2v) is 7.65. The summed E-state index contributed by atoms with van der Waals surface area (Å²) in [7, 11) is 0. The number of carbonyl (C=O) groups is 1. The van der Waals surface area contributed by atoms with Gasteiger partial charge in [0, 0.05) is 10.9 Å². The van der Waals surface area contributed by atoms with Gasteiger partial charge in [-0.15, -0.1) is 11.3 Å². The Morgan fingerprint density at radius 2 is 1.89 bits per heavy atom. The van der Waals surface area contributed by atoms with Gasteiger partial charge in [-0.3, -0.25) is 10.1 Å². The van der Waals surface area contributed by atoms with Crippen LogP contribution in [0, 0.1) is 0 Å². The Morgan fingerprint density at radius 3 is 2.70 bits per heavy atom. The van der Waals surface area contributed by atoms with E-state index in [2.05, 4.69) is 28.5 Å². The van der Waals surface area contributed by atoms with Crippen LogP contribution in [0.3, 0.4) is 0 Å².